The van der Waals surface area contributed by atoms with Gasteiger partial charge >= 0.3 is 0 Å². The topological polar surface area (TPSA) is 26.0 Å². The van der Waals surface area contributed by atoms with Crippen LogP contribution in [-0.4, -0.2) is 6.54 Å². The first-order valence-corrected chi connectivity index (χ1v) is 5.38. The molecule has 0 heterocycles. The molecule has 1 rings (SSSR count). The number of nitrogens with two attached hydrogens (primary N) is 1. The molecule has 0 aliphatic heterocycles. The first-order valence-electron chi connectivity index (χ1n) is 5.38. The highest BCUT2D eigenvalue weighted by molar-refractivity contribution is 5.40. The first-order chi connectivity index (χ1) is 6.61. The SMILES string of the molecule is CCC(CN)c1ccc(C)c(C)c1C. The van der Waals surface area contributed by atoms with E-state index in [1.807, 2.05) is 0 Å². The molecule has 0 aliphatic carbocycles. The predicted octanol–water partition coefficient (Wildman–Crippen LogP) is 3.06. The summed E-state index contributed by atoms with van der Waals surface area (Å²) in [5.41, 5.74) is 11.4. The zero-order chi connectivity index (χ0) is 10.7. The van der Waals surface area contributed by atoms with Gasteiger partial charge < -0.3 is 5.73 Å². The van der Waals surface area contributed by atoms with Crippen molar-refractivity contribution in [3.63, 3.8) is 0 Å². The van der Waals surface area contributed by atoms with Crippen molar-refractivity contribution in [1.82, 2.24) is 0 Å². The van der Waals surface area contributed by atoms with Crippen molar-refractivity contribution in [2.75, 3.05) is 6.54 Å². The number of hydrogen-bond donors (Lipinski definition) is 1. The van der Waals surface area contributed by atoms with E-state index in [-0.39, 0.29) is 0 Å². The molecule has 1 aromatic rings. The third kappa shape index (κ3) is 1.98. The highest BCUT2D eigenvalue weighted by atomic mass is 14.5. The van der Waals surface area contributed by atoms with Crippen molar-refractivity contribution < 1.29 is 0 Å². The second-order valence-electron chi connectivity index (χ2n) is 4.06. The van der Waals surface area contributed by atoms with Gasteiger partial charge in [0.2, 0.25) is 0 Å². The Morgan fingerprint density at radius 1 is 1.14 bits per heavy atom. The second kappa shape index (κ2) is 4.61. The van der Waals surface area contributed by atoms with E-state index >= 15 is 0 Å². The Kier molecular flexibility index (Phi) is 3.70. The Morgan fingerprint density at radius 3 is 2.29 bits per heavy atom. The van der Waals surface area contributed by atoms with Crippen LogP contribution in [0.25, 0.3) is 0 Å². The van der Waals surface area contributed by atoms with Gasteiger partial charge in [0.05, 0.1) is 0 Å². The minimum absolute atomic E-state index is 0.522. The lowest BCUT2D eigenvalue weighted by atomic mass is 9.89. The largest absolute Gasteiger partial charge is 0.330 e. The Labute approximate surface area is 87.3 Å². The van der Waals surface area contributed by atoms with Gasteiger partial charge in [-0.3, -0.25) is 0 Å². The Morgan fingerprint density at radius 2 is 1.79 bits per heavy atom. The molecule has 1 unspecified atom stereocenters. The third-order valence-electron chi connectivity index (χ3n) is 3.32. The van der Waals surface area contributed by atoms with E-state index in [1.165, 1.54) is 22.3 Å². The molecule has 14 heavy (non-hydrogen) atoms. The normalized spacial score (nSPS) is 12.9. The third-order valence-corrected chi connectivity index (χ3v) is 3.32. The lowest BCUT2D eigenvalue weighted by Crippen LogP contribution is -2.13. The Hall–Kier alpha value is -0.820. The summed E-state index contributed by atoms with van der Waals surface area (Å²) in [4.78, 5) is 0. The van der Waals surface area contributed by atoms with E-state index in [9.17, 15) is 0 Å². The van der Waals surface area contributed by atoms with Crippen LogP contribution >= 0.6 is 0 Å². The molecule has 78 valence electrons. The van der Waals surface area contributed by atoms with E-state index in [1.54, 1.807) is 0 Å². The van der Waals surface area contributed by atoms with Crippen molar-refractivity contribution in [1.29, 1.82) is 0 Å². The molecule has 1 heteroatoms. The average molecular weight is 191 g/mol. The zero-order valence-corrected chi connectivity index (χ0v) is 9.72. The fourth-order valence-electron chi connectivity index (χ4n) is 1.93. The molecule has 0 saturated carbocycles. The van der Waals surface area contributed by atoms with Gasteiger partial charge in [-0.1, -0.05) is 19.1 Å². The minimum Gasteiger partial charge on any atom is -0.330 e. The number of aryl methyl sites for hydroxylation is 1. The van der Waals surface area contributed by atoms with E-state index in [4.69, 9.17) is 5.73 Å². The fraction of sp³-hybridized carbons (Fsp3) is 0.538. The van der Waals surface area contributed by atoms with Gasteiger partial charge in [-0.25, -0.2) is 0 Å². The van der Waals surface area contributed by atoms with Crippen molar-refractivity contribution in [3.8, 4) is 0 Å². The van der Waals surface area contributed by atoms with E-state index in [0.717, 1.165) is 13.0 Å². The summed E-state index contributed by atoms with van der Waals surface area (Å²) in [7, 11) is 0. The van der Waals surface area contributed by atoms with Crippen molar-refractivity contribution in [3.05, 3.63) is 34.4 Å². The summed E-state index contributed by atoms with van der Waals surface area (Å²) >= 11 is 0. The van der Waals surface area contributed by atoms with Gasteiger partial charge in [0, 0.05) is 0 Å². The summed E-state index contributed by atoms with van der Waals surface area (Å²) in [6.45, 7) is 9.51. The van der Waals surface area contributed by atoms with Crippen LogP contribution in [0.1, 0.15) is 41.5 Å². The lowest BCUT2D eigenvalue weighted by Gasteiger charge is -2.18. The summed E-state index contributed by atoms with van der Waals surface area (Å²) in [5.74, 6) is 0.522. The van der Waals surface area contributed by atoms with Gasteiger partial charge in [-0.15, -0.1) is 0 Å². The molecule has 0 radical (unpaired) electrons. The summed E-state index contributed by atoms with van der Waals surface area (Å²) < 4.78 is 0. The van der Waals surface area contributed by atoms with E-state index < -0.39 is 0 Å². The molecule has 0 amide bonds. The number of benzene rings is 1. The molecule has 0 aromatic heterocycles. The lowest BCUT2D eigenvalue weighted by molar-refractivity contribution is 0.669. The van der Waals surface area contributed by atoms with Crippen molar-refractivity contribution in [2.45, 2.75) is 40.0 Å². The Balaban J connectivity index is 3.16. The van der Waals surface area contributed by atoms with Gasteiger partial charge in [-0.05, 0) is 61.9 Å². The Bertz CT molecular complexity index is 311. The molecule has 1 aromatic carbocycles. The quantitative estimate of drug-likeness (QED) is 0.780. The number of hydrogen-bond acceptors (Lipinski definition) is 1. The molecule has 1 nitrogen and oxygen atoms in total. The average Bonchev–Trinajstić information content (AvgIpc) is 2.19. The molecule has 0 spiro atoms. The van der Waals surface area contributed by atoms with Crippen LogP contribution in [0, 0.1) is 20.8 Å². The predicted molar refractivity (Wildman–Crippen MR) is 62.7 cm³/mol. The fourth-order valence-corrected chi connectivity index (χ4v) is 1.93. The maximum atomic E-state index is 5.77. The minimum atomic E-state index is 0.522. The molecule has 0 aliphatic rings. The van der Waals surface area contributed by atoms with E-state index in [0.29, 0.717) is 5.92 Å². The van der Waals surface area contributed by atoms with Crippen LogP contribution in [0.4, 0.5) is 0 Å². The van der Waals surface area contributed by atoms with Gasteiger partial charge in [-0.2, -0.15) is 0 Å². The first kappa shape index (κ1) is 11.3. The van der Waals surface area contributed by atoms with Crippen molar-refractivity contribution in [2.24, 2.45) is 5.73 Å². The number of rotatable bonds is 3. The maximum Gasteiger partial charge on any atom is -0.000824 e. The van der Waals surface area contributed by atoms with Crippen LogP contribution < -0.4 is 5.73 Å². The maximum absolute atomic E-state index is 5.77. The van der Waals surface area contributed by atoms with Crippen LogP contribution in [0.15, 0.2) is 12.1 Å². The molecule has 0 saturated heterocycles. The van der Waals surface area contributed by atoms with Crippen molar-refractivity contribution >= 4 is 0 Å². The standard InChI is InChI=1S/C13H21N/c1-5-12(8-14)13-7-6-9(2)10(3)11(13)4/h6-7,12H,5,8,14H2,1-4H3. The second-order valence-corrected chi connectivity index (χ2v) is 4.06. The summed E-state index contributed by atoms with van der Waals surface area (Å²) in [6, 6.07) is 4.44. The van der Waals surface area contributed by atoms with Gasteiger partial charge in [0.15, 0.2) is 0 Å². The monoisotopic (exact) mass is 191 g/mol. The molecule has 0 bridgehead atoms. The summed E-state index contributed by atoms with van der Waals surface area (Å²) in [5, 5.41) is 0. The van der Waals surface area contributed by atoms with Crippen LogP contribution in [0.2, 0.25) is 0 Å². The van der Waals surface area contributed by atoms with Gasteiger partial charge in [0.1, 0.15) is 0 Å². The molecular weight excluding hydrogens is 170 g/mol. The van der Waals surface area contributed by atoms with Crippen LogP contribution in [0.3, 0.4) is 0 Å². The summed E-state index contributed by atoms with van der Waals surface area (Å²) in [6.07, 6.45) is 1.12. The molecule has 0 fully saturated rings. The molecular formula is C13H21N. The van der Waals surface area contributed by atoms with E-state index in [2.05, 4.69) is 39.8 Å². The highest BCUT2D eigenvalue weighted by Gasteiger charge is 2.11. The molecule has 1 atom stereocenters. The van der Waals surface area contributed by atoms with Crippen LogP contribution in [-0.2, 0) is 0 Å². The highest BCUT2D eigenvalue weighted by Crippen LogP contribution is 2.25. The zero-order valence-electron chi connectivity index (χ0n) is 9.72. The molecule has 2 N–H and O–H groups in total. The van der Waals surface area contributed by atoms with Gasteiger partial charge in [0.25, 0.3) is 0 Å². The van der Waals surface area contributed by atoms with Crippen LogP contribution in [0.5, 0.6) is 0 Å². The smallest absolute Gasteiger partial charge is 0.000824 e.